The normalized spacial score (nSPS) is 31.3. The molecule has 2 aliphatic rings. The van der Waals surface area contributed by atoms with Crippen LogP contribution in [0.15, 0.2) is 0 Å². The van der Waals surface area contributed by atoms with E-state index in [1.54, 1.807) is 0 Å². The van der Waals surface area contributed by atoms with E-state index in [4.69, 9.17) is 4.74 Å². The number of ketones is 1. The van der Waals surface area contributed by atoms with E-state index in [-0.39, 0.29) is 30.5 Å². The van der Waals surface area contributed by atoms with E-state index in [1.807, 2.05) is 0 Å². The van der Waals surface area contributed by atoms with E-state index in [9.17, 15) is 18.0 Å². The lowest BCUT2D eigenvalue weighted by Gasteiger charge is -2.32. The van der Waals surface area contributed by atoms with Gasteiger partial charge in [0.25, 0.3) is 0 Å². The summed E-state index contributed by atoms with van der Waals surface area (Å²) in [6.45, 7) is 1.12. The Morgan fingerprint density at radius 2 is 1.67 bits per heavy atom. The van der Waals surface area contributed by atoms with Crippen molar-refractivity contribution in [2.45, 2.75) is 44.7 Å². The molecule has 5 heteroatoms. The molecule has 0 radical (unpaired) electrons. The van der Waals surface area contributed by atoms with Gasteiger partial charge in [-0.25, -0.2) is 0 Å². The van der Waals surface area contributed by atoms with Gasteiger partial charge in [0, 0.05) is 25.0 Å². The van der Waals surface area contributed by atoms with Crippen molar-refractivity contribution in [1.29, 1.82) is 0 Å². The van der Waals surface area contributed by atoms with E-state index in [0.717, 1.165) is 0 Å². The molecule has 1 heterocycles. The van der Waals surface area contributed by atoms with Gasteiger partial charge in [0.2, 0.25) is 0 Å². The van der Waals surface area contributed by atoms with Crippen LogP contribution in [0.25, 0.3) is 0 Å². The Morgan fingerprint density at radius 3 is 2.28 bits per heavy atom. The largest absolute Gasteiger partial charge is 0.391 e. The minimum Gasteiger partial charge on any atom is -0.381 e. The van der Waals surface area contributed by atoms with Gasteiger partial charge in [0.05, 0.1) is 5.92 Å². The summed E-state index contributed by atoms with van der Waals surface area (Å²) in [5.41, 5.74) is 0. The lowest BCUT2D eigenvalue weighted by atomic mass is 9.75. The molecule has 0 aromatic heterocycles. The number of carbonyl (C=O) groups excluding carboxylic acids is 1. The zero-order valence-corrected chi connectivity index (χ0v) is 10.3. The Morgan fingerprint density at radius 1 is 1.00 bits per heavy atom. The molecule has 0 amide bonds. The maximum atomic E-state index is 12.7. The number of ether oxygens (including phenoxy) is 1. The smallest absolute Gasteiger partial charge is 0.381 e. The van der Waals surface area contributed by atoms with E-state index in [0.29, 0.717) is 38.9 Å². The van der Waals surface area contributed by atoms with Crippen molar-refractivity contribution in [3.63, 3.8) is 0 Å². The zero-order chi connectivity index (χ0) is 13.2. The van der Waals surface area contributed by atoms with Crippen molar-refractivity contribution >= 4 is 5.78 Å². The first-order chi connectivity index (χ1) is 8.48. The molecule has 0 aromatic carbocycles. The molecule has 2 atom stereocenters. The van der Waals surface area contributed by atoms with Crippen LogP contribution in [0.1, 0.15) is 38.5 Å². The Balaban J connectivity index is 1.93. The Bertz CT molecular complexity index is 295. The summed E-state index contributed by atoms with van der Waals surface area (Å²) < 4.78 is 43.2. The number of carbonyl (C=O) groups is 1. The monoisotopic (exact) mass is 264 g/mol. The number of hydrogen-bond donors (Lipinski definition) is 0. The van der Waals surface area contributed by atoms with E-state index in [2.05, 4.69) is 0 Å². The number of halogens is 3. The Kier molecular flexibility index (Phi) is 4.30. The minimum atomic E-state index is -4.14. The molecule has 2 rings (SSSR count). The van der Waals surface area contributed by atoms with Crippen molar-refractivity contribution in [3.8, 4) is 0 Å². The predicted octanol–water partition coefficient (Wildman–Crippen LogP) is 3.35. The lowest BCUT2D eigenvalue weighted by molar-refractivity contribution is -0.186. The average molecular weight is 264 g/mol. The fourth-order valence-electron chi connectivity index (χ4n) is 3.06. The number of rotatable bonds is 2. The quantitative estimate of drug-likeness (QED) is 0.764. The highest BCUT2D eigenvalue weighted by molar-refractivity contribution is 5.83. The molecule has 104 valence electrons. The van der Waals surface area contributed by atoms with Crippen LogP contribution >= 0.6 is 0 Å². The zero-order valence-electron chi connectivity index (χ0n) is 10.3. The van der Waals surface area contributed by atoms with Gasteiger partial charge in [-0.15, -0.1) is 0 Å². The van der Waals surface area contributed by atoms with Gasteiger partial charge in [0.1, 0.15) is 5.78 Å². The molecule has 2 fully saturated rings. The summed E-state index contributed by atoms with van der Waals surface area (Å²) in [7, 11) is 0. The van der Waals surface area contributed by atoms with Crippen molar-refractivity contribution in [2.75, 3.05) is 13.2 Å². The molecule has 0 N–H and O–H groups in total. The fraction of sp³-hybridized carbons (Fsp3) is 0.923. The van der Waals surface area contributed by atoms with Gasteiger partial charge in [-0.3, -0.25) is 4.79 Å². The summed E-state index contributed by atoms with van der Waals surface area (Å²) >= 11 is 0. The highest BCUT2D eigenvalue weighted by Crippen LogP contribution is 2.41. The lowest BCUT2D eigenvalue weighted by Crippen LogP contribution is -2.35. The molecule has 2 unspecified atom stereocenters. The molecular formula is C13H19F3O2. The summed E-state index contributed by atoms with van der Waals surface area (Å²) in [5.74, 6) is -1.68. The van der Waals surface area contributed by atoms with E-state index < -0.39 is 12.1 Å². The standard InChI is InChI=1S/C13H19F3O2/c14-13(15,16)11-3-1-2-10(8-11)12(17)9-4-6-18-7-5-9/h9-11H,1-8H2. The summed E-state index contributed by atoms with van der Waals surface area (Å²) in [6.07, 6.45) is -1.47. The van der Waals surface area contributed by atoms with Crippen molar-refractivity contribution in [3.05, 3.63) is 0 Å². The molecule has 0 bridgehead atoms. The molecule has 1 saturated heterocycles. The molecule has 1 aliphatic carbocycles. The van der Waals surface area contributed by atoms with Crippen LogP contribution < -0.4 is 0 Å². The van der Waals surface area contributed by atoms with Gasteiger partial charge in [0.15, 0.2) is 0 Å². The second kappa shape index (κ2) is 5.59. The average Bonchev–Trinajstić information content (AvgIpc) is 2.38. The maximum absolute atomic E-state index is 12.7. The van der Waals surface area contributed by atoms with Crippen LogP contribution in [0.2, 0.25) is 0 Å². The van der Waals surface area contributed by atoms with Crippen LogP contribution in [0.3, 0.4) is 0 Å². The van der Waals surface area contributed by atoms with E-state index >= 15 is 0 Å². The Labute approximate surface area is 105 Å². The van der Waals surface area contributed by atoms with Crippen LogP contribution in [0.4, 0.5) is 13.2 Å². The highest BCUT2D eigenvalue weighted by Gasteiger charge is 2.44. The summed E-state index contributed by atoms with van der Waals surface area (Å²) in [4.78, 5) is 12.2. The Hall–Kier alpha value is -0.580. The molecule has 0 spiro atoms. The molecular weight excluding hydrogens is 245 g/mol. The first kappa shape index (κ1) is 13.8. The SMILES string of the molecule is O=C(C1CCOCC1)C1CCCC(C(F)(F)F)C1. The van der Waals surface area contributed by atoms with Gasteiger partial charge >= 0.3 is 6.18 Å². The topological polar surface area (TPSA) is 26.3 Å². The number of Topliss-reactive ketones (excluding diaryl/α,β-unsaturated/α-hetero) is 1. The summed E-state index contributed by atoms with van der Waals surface area (Å²) in [5, 5.41) is 0. The first-order valence-electron chi connectivity index (χ1n) is 6.66. The minimum absolute atomic E-state index is 0.000307. The third-order valence-electron chi connectivity index (χ3n) is 4.16. The third kappa shape index (κ3) is 3.25. The van der Waals surface area contributed by atoms with Crippen molar-refractivity contribution < 1.29 is 22.7 Å². The molecule has 1 saturated carbocycles. The van der Waals surface area contributed by atoms with E-state index in [1.165, 1.54) is 0 Å². The van der Waals surface area contributed by atoms with Gasteiger partial charge in [-0.1, -0.05) is 6.42 Å². The van der Waals surface area contributed by atoms with Crippen LogP contribution in [0.5, 0.6) is 0 Å². The first-order valence-corrected chi connectivity index (χ1v) is 6.66. The van der Waals surface area contributed by atoms with Crippen LogP contribution in [-0.4, -0.2) is 25.2 Å². The summed E-state index contributed by atoms with van der Waals surface area (Å²) in [6, 6.07) is 0. The molecule has 0 aromatic rings. The van der Waals surface area contributed by atoms with Crippen molar-refractivity contribution in [1.82, 2.24) is 0 Å². The van der Waals surface area contributed by atoms with Gasteiger partial charge in [-0.05, 0) is 32.1 Å². The molecule has 18 heavy (non-hydrogen) atoms. The molecule has 1 aliphatic heterocycles. The predicted molar refractivity (Wildman–Crippen MR) is 60.1 cm³/mol. The second-order valence-corrected chi connectivity index (χ2v) is 5.39. The second-order valence-electron chi connectivity index (χ2n) is 5.39. The van der Waals surface area contributed by atoms with Gasteiger partial charge in [-0.2, -0.15) is 13.2 Å². The number of hydrogen-bond acceptors (Lipinski definition) is 2. The fourth-order valence-corrected chi connectivity index (χ4v) is 3.06. The van der Waals surface area contributed by atoms with Gasteiger partial charge < -0.3 is 4.74 Å². The van der Waals surface area contributed by atoms with Crippen LogP contribution in [-0.2, 0) is 9.53 Å². The molecule has 2 nitrogen and oxygen atoms in total. The van der Waals surface area contributed by atoms with Crippen molar-refractivity contribution in [2.24, 2.45) is 17.8 Å². The highest BCUT2D eigenvalue weighted by atomic mass is 19.4. The number of alkyl halides is 3. The van der Waals surface area contributed by atoms with Crippen LogP contribution in [0, 0.1) is 17.8 Å². The third-order valence-corrected chi connectivity index (χ3v) is 4.16. The maximum Gasteiger partial charge on any atom is 0.391 e.